The second-order valence-corrected chi connectivity index (χ2v) is 3.08. The highest BCUT2D eigenvalue weighted by molar-refractivity contribution is 6.42. The van der Waals surface area contributed by atoms with E-state index < -0.39 is 0 Å². The van der Waals surface area contributed by atoms with Crippen molar-refractivity contribution in [2.45, 2.75) is 0 Å². The molecule has 55 valence electrons. The number of halogens is 2. The molecule has 0 saturated carbocycles. The van der Waals surface area contributed by atoms with E-state index >= 15 is 0 Å². The van der Waals surface area contributed by atoms with Gasteiger partial charge in [-0.1, -0.05) is 23.2 Å². The van der Waals surface area contributed by atoms with E-state index in [4.69, 9.17) is 23.2 Å². The zero-order valence-corrected chi connectivity index (χ0v) is 7.00. The minimum atomic E-state index is 0.565. The third-order valence-corrected chi connectivity index (χ3v) is 2.25. The first-order valence-corrected chi connectivity index (χ1v) is 3.87. The van der Waals surface area contributed by atoms with Gasteiger partial charge in [0.25, 0.3) is 0 Å². The minimum absolute atomic E-state index is 0.565. The zero-order chi connectivity index (χ0) is 7.84. The van der Waals surface area contributed by atoms with Gasteiger partial charge in [-0.05, 0) is 18.2 Å². The summed E-state index contributed by atoms with van der Waals surface area (Å²) in [7, 11) is 0. The van der Waals surface area contributed by atoms with E-state index in [1.165, 1.54) is 0 Å². The molecule has 0 fully saturated rings. The molecule has 1 nitrogen and oxygen atoms in total. The first-order valence-electron chi connectivity index (χ1n) is 3.11. The Balaban J connectivity index is 2.86. The molecule has 0 atom stereocenters. The van der Waals surface area contributed by atoms with Gasteiger partial charge in [0.2, 0.25) is 0 Å². The van der Waals surface area contributed by atoms with Crippen LogP contribution in [0, 0.1) is 6.20 Å². The summed E-state index contributed by atoms with van der Waals surface area (Å²) in [5.74, 6) is 0. The first-order chi connectivity index (χ1) is 5.27. The molecule has 0 aliphatic heterocycles. The number of rotatable bonds is 0. The number of hydrogen-bond donors (Lipinski definition) is 1. The Bertz CT molecular complexity index is 356. The van der Waals surface area contributed by atoms with Gasteiger partial charge in [0, 0.05) is 10.9 Å². The minimum Gasteiger partial charge on any atom is -0.353 e. The monoisotopic (exact) mass is 184 g/mol. The van der Waals surface area contributed by atoms with Gasteiger partial charge in [-0.15, -0.1) is 0 Å². The van der Waals surface area contributed by atoms with E-state index in [2.05, 4.69) is 11.2 Å². The lowest BCUT2D eigenvalue weighted by atomic mass is 10.2. The molecule has 1 aromatic heterocycles. The van der Waals surface area contributed by atoms with Gasteiger partial charge in [0.15, 0.2) is 0 Å². The van der Waals surface area contributed by atoms with E-state index in [0.717, 1.165) is 10.9 Å². The Hall–Kier alpha value is -0.660. The van der Waals surface area contributed by atoms with Crippen LogP contribution in [0.3, 0.4) is 0 Å². The van der Waals surface area contributed by atoms with E-state index in [9.17, 15) is 0 Å². The summed E-state index contributed by atoms with van der Waals surface area (Å²) in [4.78, 5) is 2.92. The number of fused-ring (bicyclic) bond motifs is 1. The number of benzene rings is 1. The van der Waals surface area contributed by atoms with Crippen LogP contribution < -0.4 is 0 Å². The highest BCUT2D eigenvalue weighted by Crippen LogP contribution is 2.26. The van der Waals surface area contributed by atoms with Crippen LogP contribution in [0.5, 0.6) is 0 Å². The fourth-order valence-corrected chi connectivity index (χ4v) is 1.32. The fourth-order valence-electron chi connectivity index (χ4n) is 0.981. The van der Waals surface area contributed by atoms with E-state index in [1.54, 1.807) is 6.07 Å². The Kier molecular flexibility index (Phi) is 1.55. The molecule has 0 unspecified atom stereocenters. The van der Waals surface area contributed by atoms with Gasteiger partial charge < -0.3 is 4.98 Å². The third kappa shape index (κ3) is 1.10. The van der Waals surface area contributed by atoms with Crippen LogP contribution in [0.25, 0.3) is 10.9 Å². The van der Waals surface area contributed by atoms with Gasteiger partial charge >= 0.3 is 0 Å². The lowest BCUT2D eigenvalue weighted by molar-refractivity contribution is 1.46. The van der Waals surface area contributed by atoms with Gasteiger partial charge in [-0.3, -0.25) is 0 Å². The molecule has 1 heterocycles. The van der Waals surface area contributed by atoms with Crippen molar-refractivity contribution < 1.29 is 0 Å². The van der Waals surface area contributed by atoms with Crippen molar-refractivity contribution in [3.63, 3.8) is 0 Å². The van der Waals surface area contributed by atoms with Crippen LogP contribution in [0.4, 0.5) is 0 Å². The largest absolute Gasteiger partial charge is 0.353 e. The normalized spacial score (nSPS) is 10.7. The van der Waals surface area contributed by atoms with Crippen molar-refractivity contribution in [2.75, 3.05) is 0 Å². The van der Waals surface area contributed by atoms with Crippen molar-refractivity contribution in [1.82, 2.24) is 4.98 Å². The molecular formula is C8H4Cl2N. The van der Waals surface area contributed by atoms with Gasteiger partial charge in [-0.2, -0.15) is 0 Å². The maximum absolute atomic E-state index is 5.78. The maximum atomic E-state index is 5.78. The van der Waals surface area contributed by atoms with Crippen LogP contribution in [0.2, 0.25) is 10.0 Å². The molecule has 1 N–H and O–H groups in total. The lowest BCUT2D eigenvalue weighted by Gasteiger charge is -1.94. The molecule has 0 saturated heterocycles. The van der Waals surface area contributed by atoms with Crippen molar-refractivity contribution in [1.29, 1.82) is 0 Å². The second-order valence-electron chi connectivity index (χ2n) is 2.27. The maximum Gasteiger partial charge on any atom is 0.0630 e. The molecule has 2 rings (SSSR count). The predicted octanol–water partition coefficient (Wildman–Crippen LogP) is 3.27. The second kappa shape index (κ2) is 2.43. The molecule has 0 amide bonds. The van der Waals surface area contributed by atoms with Crippen molar-refractivity contribution in [2.24, 2.45) is 0 Å². The number of hydrogen-bond acceptors (Lipinski definition) is 0. The molecule has 2 aromatic rings. The summed E-state index contributed by atoms with van der Waals surface area (Å²) in [5, 5.41) is 2.17. The average molecular weight is 185 g/mol. The number of nitrogens with one attached hydrogen (secondary N) is 1. The van der Waals surface area contributed by atoms with Crippen LogP contribution >= 0.6 is 23.2 Å². The molecule has 0 aliphatic carbocycles. The summed E-state index contributed by atoms with van der Waals surface area (Å²) < 4.78 is 0. The van der Waals surface area contributed by atoms with Gasteiger partial charge in [-0.25, -0.2) is 0 Å². The molecule has 11 heavy (non-hydrogen) atoms. The number of aromatic nitrogens is 1. The fraction of sp³-hybridized carbons (Fsp3) is 0. The highest BCUT2D eigenvalue weighted by atomic mass is 35.5. The standard InChI is InChI=1S/C8H4Cl2N/c9-6-3-5-1-2-11-8(5)4-7(6)10/h1,3-4,11H. The summed E-state index contributed by atoms with van der Waals surface area (Å²) in [6, 6.07) is 5.43. The molecule has 3 heteroatoms. The number of H-pyrrole nitrogens is 1. The smallest absolute Gasteiger partial charge is 0.0630 e. The van der Waals surface area contributed by atoms with Crippen molar-refractivity contribution >= 4 is 34.1 Å². The molecule has 0 spiro atoms. The quantitative estimate of drug-likeness (QED) is 0.648. The molecule has 0 aliphatic rings. The van der Waals surface area contributed by atoms with E-state index in [-0.39, 0.29) is 0 Å². The predicted molar refractivity (Wildman–Crippen MR) is 47.2 cm³/mol. The Morgan fingerprint density at radius 3 is 2.73 bits per heavy atom. The topological polar surface area (TPSA) is 15.8 Å². The summed E-state index contributed by atoms with van der Waals surface area (Å²) in [5.41, 5.74) is 0.958. The molecule has 1 radical (unpaired) electrons. The van der Waals surface area contributed by atoms with Crippen LogP contribution in [0.15, 0.2) is 18.2 Å². The summed E-state index contributed by atoms with van der Waals surface area (Å²) in [6.07, 6.45) is 2.85. The highest BCUT2D eigenvalue weighted by Gasteiger charge is 2.00. The third-order valence-electron chi connectivity index (χ3n) is 1.53. The van der Waals surface area contributed by atoms with Gasteiger partial charge in [0.05, 0.1) is 16.2 Å². The van der Waals surface area contributed by atoms with Crippen LogP contribution in [-0.4, -0.2) is 4.98 Å². The molecule has 0 bridgehead atoms. The van der Waals surface area contributed by atoms with Crippen LogP contribution in [0.1, 0.15) is 0 Å². The van der Waals surface area contributed by atoms with E-state index in [0.29, 0.717) is 10.0 Å². The van der Waals surface area contributed by atoms with Crippen molar-refractivity contribution in [3.8, 4) is 0 Å². The first kappa shape index (κ1) is 7.01. The molecule has 1 aromatic carbocycles. The average Bonchev–Trinajstić information content (AvgIpc) is 2.36. The molecular weight excluding hydrogens is 181 g/mol. The Morgan fingerprint density at radius 1 is 1.18 bits per heavy atom. The Labute approximate surface area is 73.9 Å². The summed E-state index contributed by atoms with van der Waals surface area (Å²) >= 11 is 11.6. The van der Waals surface area contributed by atoms with Crippen LogP contribution in [-0.2, 0) is 0 Å². The van der Waals surface area contributed by atoms with Crippen molar-refractivity contribution in [3.05, 3.63) is 34.4 Å². The SMILES string of the molecule is Clc1cc2c[c][nH]c2cc1Cl. The summed E-state index contributed by atoms with van der Waals surface area (Å²) in [6.45, 7) is 0. The Morgan fingerprint density at radius 2 is 1.91 bits per heavy atom. The number of aromatic amines is 1. The zero-order valence-electron chi connectivity index (χ0n) is 5.49. The lowest BCUT2D eigenvalue weighted by Crippen LogP contribution is -1.69. The van der Waals surface area contributed by atoms with E-state index in [1.807, 2.05) is 12.1 Å². The van der Waals surface area contributed by atoms with Gasteiger partial charge in [0.1, 0.15) is 0 Å².